The van der Waals surface area contributed by atoms with Gasteiger partial charge in [0.05, 0.1) is 9.95 Å². The van der Waals surface area contributed by atoms with Crippen LogP contribution < -0.4 is 0 Å². The highest BCUT2D eigenvalue weighted by Gasteiger charge is 2.16. The lowest BCUT2D eigenvalue weighted by Gasteiger charge is -1.97. The number of rotatable bonds is 1. The predicted octanol–water partition coefficient (Wildman–Crippen LogP) is 2.99. The lowest BCUT2D eigenvalue weighted by atomic mass is 10.3. The summed E-state index contributed by atoms with van der Waals surface area (Å²) >= 11 is 6.98. The van der Waals surface area contributed by atoms with E-state index >= 15 is 0 Å². The summed E-state index contributed by atoms with van der Waals surface area (Å²) in [6, 6.07) is 2.16. The Bertz CT molecular complexity index is 345. The Morgan fingerprint density at radius 3 is 2.67 bits per heavy atom. The van der Waals surface area contributed by atoms with Crippen molar-refractivity contribution < 1.29 is 9.31 Å². The molecule has 0 unspecified atom stereocenters. The Morgan fingerprint density at radius 2 is 2.17 bits per heavy atom. The molecule has 0 spiro atoms. The maximum atomic E-state index is 12.8. The molecular formula is C6H2ClFINO2. The molecule has 12 heavy (non-hydrogen) atoms. The Kier molecular flexibility index (Phi) is 2.84. The van der Waals surface area contributed by atoms with Gasteiger partial charge in [-0.05, 0) is 28.7 Å². The first-order chi connectivity index (χ1) is 5.52. The molecule has 0 saturated carbocycles. The molecule has 0 saturated heterocycles. The molecule has 0 bridgehead atoms. The van der Waals surface area contributed by atoms with Gasteiger partial charge in [-0.25, -0.2) is 4.39 Å². The van der Waals surface area contributed by atoms with E-state index in [-0.39, 0.29) is 14.3 Å². The molecule has 0 atom stereocenters. The van der Waals surface area contributed by atoms with Crippen LogP contribution in [0.5, 0.6) is 0 Å². The number of nitro benzene ring substituents is 1. The van der Waals surface area contributed by atoms with Gasteiger partial charge in [0, 0.05) is 6.07 Å². The highest BCUT2D eigenvalue weighted by atomic mass is 127. The second-order valence-corrected chi connectivity index (χ2v) is 3.49. The zero-order valence-electron chi connectivity index (χ0n) is 5.55. The van der Waals surface area contributed by atoms with Crippen LogP contribution in [-0.2, 0) is 0 Å². The Labute approximate surface area is 85.8 Å². The number of nitrogens with zero attached hydrogens (tertiary/aromatic N) is 1. The monoisotopic (exact) mass is 301 g/mol. The lowest BCUT2D eigenvalue weighted by Crippen LogP contribution is -1.94. The zero-order chi connectivity index (χ0) is 9.30. The van der Waals surface area contributed by atoms with Gasteiger partial charge in [-0.1, -0.05) is 11.6 Å². The lowest BCUT2D eigenvalue weighted by molar-refractivity contribution is -0.386. The van der Waals surface area contributed by atoms with Crippen molar-refractivity contribution in [3.63, 3.8) is 0 Å². The summed E-state index contributed by atoms with van der Waals surface area (Å²) in [7, 11) is 0. The first-order valence-corrected chi connectivity index (χ1v) is 4.27. The van der Waals surface area contributed by atoms with Crippen LogP contribution in [0.1, 0.15) is 0 Å². The van der Waals surface area contributed by atoms with Crippen LogP contribution >= 0.6 is 34.2 Å². The minimum atomic E-state index is -0.671. The molecular weight excluding hydrogens is 299 g/mol. The molecule has 0 aliphatic heterocycles. The quantitative estimate of drug-likeness (QED) is 0.346. The van der Waals surface area contributed by atoms with Gasteiger partial charge in [0.25, 0.3) is 5.69 Å². The fourth-order valence-corrected chi connectivity index (χ4v) is 1.38. The van der Waals surface area contributed by atoms with Crippen LogP contribution in [-0.4, -0.2) is 4.92 Å². The van der Waals surface area contributed by atoms with Crippen molar-refractivity contribution in [2.45, 2.75) is 0 Å². The van der Waals surface area contributed by atoms with Gasteiger partial charge in [0.2, 0.25) is 0 Å². The molecule has 0 N–H and O–H groups in total. The van der Waals surface area contributed by atoms with Crippen molar-refractivity contribution in [2.75, 3.05) is 0 Å². The smallest absolute Gasteiger partial charge is 0.258 e. The van der Waals surface area contributed by atoms with Crippen LogP contribution in [0.25, 0.3) is 0 Å². The molecule has 1 aromatic rings. The standard InChI is InChI=1S/C6H2ClFINO2/c7-3-1-4(8)6(9)5(2-3)10(11)12/h1-2H. The summed E-state index contributed by atoms with van der Waals surface area (Å²) in [5.41, 5.74) is -0.305. The molecule has 1 rings (SSSR count). The second-order valence-electron chi connectivity index (χ2n) is 1.98. The molecule has 3 nitrogen and oxygen atoms in total. The minimum absolute atomic E-state index is 0.0259. The normalized spacial score (nSPS) is 9.92. The van der Waals surface area contributed by atoms with Crippen LogP contribution in [0.3, 0.4) is 0 Å². The molecule has 6 heteroatoms. The Balaban J connectivity index is 3.37. The number of halogens is 3. The van der Waals surface area contributed by atoms with E-state index < -0.39 is 10.7 Å². The maximum absolute atomic E-state index is 12.8. The summed E-state index contributed by atoms with van der Waals surface area (Å²) in [4.78, 5) is 9.63. The van der Waals surface area contributed by atoms with Gasteiger partial charge in [-0.2, -0.15) is 0 Å². The van der Waals surface area contributed by atoms with E-state index in [4.69, 9.17) is 11.6 Å². The third-order valence-electron chi connectivity index (χ3n) is 1.17. The Morgan fingerprint density at radius 1 is 1.58 bits per heavy atom. The molecule has 64 valence electrons. The van der Waals surface area contributed by atoms with Crippen molar-refractivity contribution in [1.82, 2.24) is 0 Å². The van der Waals surface area contributed by atoms with Crippen molar-refractivity contribution in [3.8, 4) is 0 Å². The van der Waals surface area contributed by atoms with Gasteiger partial charge in [-0.15, -0.1) is 0 Å². The second kappa shape index (κ2) is 3.53. The van der Waals surface area contributed by atoms with E-state index in [0.717, 1.165) is 12.1 Å². The molecule has 0 heterocycles. The van der Waals surface area contributed by atoms with Crippen molar-refractivity contribution in [1.29, 1.82) is 0 Å². The van der Waals surface area contributed by atoms with Gasteiger partial charge in [0.15, 0.2) is 0 Å². The highest BCUT2D eigenvalue weighted by Crippen LogP contribution is 2.27. The minimum Gasteiger partial charge on any atom is -0.258 e. The van der Waals surface area contributed by atoms with Gasteiger partial charge >= 0.3 is 0 Å². The highest BCUT2D eigenvalue weighted by molar-refractivity contribution is 14.1. The zero-order valence-corrected chi connectivity index (χ0v) is 8.47. The molecule has 0 aliphatic rings. The number of benzene rings is 1. The topological polar surface area (TPSA) is 43.1 Å². The van der Waals surface area contributed by atoms with E-state index in [2.05, 4.69) is 0 Å². The molecule has 0 aliphatic carbocycles. The van der Waals surface area contributed by atoms with E-state index in [1.807, 2.05) is 0 Å². The molecule has 1 aromatic carbocycles. The fraction of sp³-hybridized carbons (Fsp3) is 0. The molecule has 0 radical (unpaired) electrons. The number of nitro groups is 1. The number of hydrogen-bond acceptors (Lipinski definition) is 2. The number of hydrogen-bond donors (Lipinski definition) is 0. The third-order valence-corrected chi connectivity index (χ3v) is 2.46. The summed E-state index contributed by atoms with van der Waals surface area (Å²) in [5.74, 6) is -0.671. The summed E-state index contributed by atoms with van der Waals surface area (Å²) in [6.07, 6.45) is 0. The largest absolute Gasteiger partial charge is 0.287 e. The summed E-state index contributed by atoms with van der Waals surface area (Å²) in [6.45, 7) is 0. The first-order valence-electron chi connectivity index (χ1n) is 2.81. The van der Waals surface area contributed by atoms with Crippen LogP contribution in [0.4, 0.5) is 10.1 Å². The molecule has 0 fully saturated rings. The first kappa shape index (κ1) is 9.66. The molecule has 0 amide bonds. The fourth-order valence-electron chi connectivity index (χ4n) is 0.675. The van der Waals surface area contributed by atoms with Crippen molar-refractivity contribution in [3.05, 3.63) is 36.7 Å². The van der Waals surface area contributed by atoms with E-state index in [1.165, 1.54) is 0 Å². The van der Waals surface area contributed by atoms with Gasteiger partial charge < -0.3 is 0 Å². The third kappa shape index (κ3) is 1.84. The van der Waals surface area contributed by atoms with Gasteiger partial charge in [0.1, 0.15) is 9.39 Å². The van der Waals surface area contributed by atoms with Crippen LogP contribution in [0.2, 0.25) is 5.02 Å². The average Bonchev–Trinajstić information content (AvgIpc) is 1.96. The van der Waals surface area contributed by atoms with E-state index in [9.17, 15) is 14.5 Å². The maximum Gasteiger partial charge on any atom is 0.287 e. The van der Waals surface area contributed by atoms with Crippen molar-refractivity contribution >= 4 is 39.9 Å². The summed E-state index contributed by atoms with van der Waals surface area (Å²) < 4.78 is 12.8. The van der Waals surface area contributed by atoms with Crippen LogP contribution in [0, 0.1) is 19.5 Å². The van der Waals surface area contributed by atoms with Gasteiger partial charge in [-0.3, -0.25) is 10.1 Å². The SMILES string of the molecule is O=[N+]([O-])c1cc(Cl)cc(F)c1I. The van der Waals surface area contributed by atoms with Crippen LogP contribution in [0.15, 0.2) is 12.1 Å². The average molecular weight is 301 g/mol. The molecule has 0 aromatic heterocycles. The van der Waals surface area contributed by atoms with E-state index in [0.29, 0.717) is 0 Å². The Hall–Kier alpha value is -0.430. The predicted molar refractivity (Wildman–Crippen MR) is 50.8 cm³/mol. The van der Waals surface area contributed by atoms with E-state index in [1.54, 1.807) is 22.6 Å². The summed E-state index contributed by atoms with van der Waals surface area (Å²) in [5, 5.41) is 10.3. The van der Waals surface area contributed by atoms with Crippen molar-refractivity contribution in [2.24, 2.45) is 0 Å².